The number of halogens is 5. The van der Waals surface area contributed by atoms with Gasteiger partial charge in [-0.15, -0.1) is 0 Å². The van der Waals surface area contributed by atoms with Crippen LogP contribution in [0.5, 0.6) is 0 Å². The number of alkyl halides is 2. The number of carbonyl (C=O) groups is 1. The largest absolute Gasteiger partial charge is 0.274 e. The quantitative estimate of drug-likeness (QED) is 0.747. The lowest BCUT2D eigenvalue weighted by molar-refractivity contribution is 0.107. The molecule has 0 radical (unpaired) electrons. The topological polar surface area (TPSA) is 30.0 Å². The van der Waals surface area contributed by atoms with Gasteiger partial charge >= 0.3 is 0 Å². The molecule has 0 saturated carbocycles. The van der Waals surface area contributed by atoms with Crippen LogP contribution >= 0.6 is 23.2 Å². The summed E-state index contributed by atoms with van der Waals surface area (Å²) in [5.74, 6) is -1.33. The first-order valence-corrected chi connectivity index (χ1v) is 4.02. The molecule has 1 aromatic heterocycles. The highest BCUT2D eigenvalue weighted by Crippen LogP contribution is 2.29. The fourth-order valence-electron chi connectivity index (χ4n) is 0.767. The molecule has 2 nitrogen and oxygen atoms in total. The number of nitrogens with zero attached hydrogens (tertiary/aromatic N) is 1. The normalized spacial score (nSPS) is 10.7. The Balaban J connectivity index is 3.33. The molecule has 1 heterocycles. The minimum atomic E-state index is -2.95. The zero-order chi connectivity index (χ0) is 10.9. The molecule has 76 valence electrons. The summed E-state index contributed by atoms with van der Waals surface area (Å²) >= 11 is 10.2. The molecule has 0 aromatic carbocycles. The van der Waals surface area contributed by atoms with Gasteiger partial charge in [0.05, 0.1) is 10.6 Å². The van der Waals surface area contributed by atoms with Crippen LogP contribution in [0.2, 0.25) is 5.02 Å². The van der Waals surface area contributed by atoms with Gasteiger partial charge in [0.1, 0.15) is 0 Å². The predicted molar refractivity (Wildman–Crippen MR) is 44.3 cm³/mol. The van der Waals surface area contributed by atoms with E-state index < -0.39 is 33.8 Å². The molecule has 1 aromatic rings. The molecule has 0 bridgehead atoms. The first-order chi connectivity index (χ1) is 6.45. The predicted octanol–water partition coefficient (Wildman–Crippen LogP) is 3.19. The van der Waals surface area contributed by atoms with Crippen LogP contribution in [0.1, 0.15) is 22.5 Å². The van der Waals surface area contributed by atoms with Crippen molar-refractivity contribution in [2.75, 3.05) is 0 Å². The van der Waals surface area contributed by atoms with E-state index in [4.69, 9.17) is 23.2 Å². The summed E-state index contributed by atoms with van der Waals surface area (Å²) < 4.78 is 37.3. The maximum Gasteiger partial charge on any atom is 0.273 e. The van der Waals surface area contributed by atoms with E-state index >= 15 is 0 Å². The van der Waals surface area contributed by atoms with E-state index in [9.17, 15) is 18.0 Å². The number of hydrogen-bond acceptors (Lipinski definition) is 2. The van der Waals surface area contributed by atoms with Gasteiger partial charge in [0.15, 0.2) is 11.5 Å². The van der Waals surface area contributed by atoms with Crippen LogP contribution in [0.15, 0.2) is 6.20 Å². The fraction of sp³-hybridized carbons (Fsp3) is 0.143. The third kappa shape index (κ3) is 1.99. The van der Waals surface area contributed by atoms with Gasteiger partial charge in [-0.3, -0.25) is 4.79 Å². The summed E-state index contributed by atoms with van der Waals surface area (Å²) in [5.41, 5.74) is -1.54. The SMILES string of the molecule is O=C(Cl)c1ncc(C(F)F)c(Cl)c1F. The summed E-state index contributed by atoms with van der Waals surface area (Å²) in [6, 6.07) is 0. The summed E-state index contributed by atoms with van der Waals surface area (Å²) in [5, 5.41) is -2.02. The van der Waals surface area contributed by atoms with Crippen molar-refractivity contribution in [3.63, 3.8) is 0 Å². The Kier molecular flexibility index (Phi) is 3.34. The highest BCUT2D eigenvalue weighted by atomic mass is 35.5. The molecule has 0 unspecified atom stereocenters. The number of pyridine rings is 1. The molecule has 0 aliphatic heterocycles. The van der Waals surface area contributed by atoms with E-state index in [2.05, 4.69) is 4.98 Å². The van der Waals surface area contributed by atoms with Crippen molar-refractivity contribution in [3.8, 4) is 0 Å². The van der Waals surface area contributed by atoms with Crippen LogP contribution in [-0.2, 0) is 0 Å². The second-order valence-corrected chi connectivity index (χ2v) is 2.99. The van der Waals surface area contributed by atoms with Gasteiger partial charge in [0, 0.05) is 6.20 Å². The molecule has 14 heavy (non-hydrogen) atoms. The Morgan fingerprint density at radius 2 is 2.07 bits per heavy atom. The van der Waals surface area contributed by atoms with Crippen LogP contribution in [0, 0.1) is 5.82 Å². The molecule has 0 spiro atoms. The first-order valence-electron chi connectivity index (χ1n) is 3.27. The monoisotopic (exact) mass is 243 g/mol. The van der Waals surface area contributed by atoms with E-state index in [0.717, 1.165) is 0 Å². The molecule has 0 amide bonds. The summed E-state index contributed by atoms with van der Waals surface area (Å²) in [6.45, 7) is 0. The molecular formula is C7H2Cl2F3NO. The Hall–Kier alpha value is -0.810. The van der Waals surface area contributed by atoms with Gasteiger partial charge in [0.25, 0.3) is 11.7 Å². The minimum absolute atomic E-state index is 0.617. The Morgan fingerprint density at radius 3 is 2.50 bits per heavy atom. The van der Waals surface area contributed by atoms with Gasteiger partial charge in [-0.1, -0.05) is 11.6 Å². The zero-order valence-corrected chi connectivity index (χ0v) is 7.91. The van der Waals surface area contributed by atoms with Crippen molar-refractivity contribution >= 4 is 28.4 Å². The lowest BCUT2D eigenvalue weighted by Gasteiger charge is -2.04. The number of hydrogen-bond donors (Lipinski definition) is 0. The summed E-state index contributed by atoms with van der Waals surface area (Å²) in [4.78, 5) is 13.7. The van der Waals surface area contributed by atoms with Crippen LogP contribution in [0.4, 0.5) is 13.2 Å². The molecule has 7 heteroatoms. The maximum absolute atomic E-state index is 13.0. The van der Waals surface area contributed by atoms with Crippen molar-refractivity contribution in [1.29, 1.82) is 0 Å². The van der Waals surface area contributed by atoms with Gasteiger partial charge in [-0.05, 0) is 11.6 Å². The first kappa shape index (κ1) is 11.3. The molecule has 0 aliphatic rings. The van der Waals surface area contributed by atoms with E-state index in [1.165, 1.54) is 0 Å². The average molecular weight is 244 g/mol. The van der Waals surface area contributed by atoms with E-state index in [0.29, 0.717) is 6.20 Å². The molecule has 0 atom stereocenters. The standard InChI is InChI=1S/C7H2Cl2F3NO/c8-3-2(7(11)12)1-13-5(4(3)10)6(9)14/h1,7H. The van der Waals surface area contributed by atoms with Gasteiger partial charge in [-0.25, -0.2) is 18.2 Å². The smallest absolute Gasteiger partial charge is 0.273 e. The second kappa shape index (κ2) is 4.14. The van der Waals surface area contributed by atoms with Gasteiger partial charge in [0.2, 0.25) is 0 Å². The summed E-state index contributed by atoms with van der Waals surface area (Å²) in [6.07, 6.45) is -2.34. The van der Waals surface area contributed by atoms with E-state index in [1.54, 1.807) is 0 Å². The van der Waals surface area contributed by atoms with Crippen LogP contribution in [0.25, 0.3) is 0 Å². The van der Waals surface area contributed by atoms with Crippen molar-refractivity contribution in [3.05, 3.63) is 28.3 Å². The fourth-order valence-corrected chi connectivity index (χ4v) is 1.12. The maximum atomic E-state index is 13.0. The third-order valence-electron chi connectivity index (χ3n) is 1.41. The number of rotatable bonds is 2. The molecule has 0 saturated heterocycles. The molecular weight excluding hydrogens is 242 g/mol. The molecule has 0 N–H and O–H groups in total. The number of aromatic nitrogens is 1. The van der Waals surface area contributed by atoms with E-state index in [-0.39, 0.29) is 0 Å². The van der Waals surface area contributed by atoms with Crippen molar-refractivity contribution in [2.24, 2.45) is 0 Å². The van der Waals surface area contributed by atoms with Crippen LogP contribution in [0.3, 0.4) is 0 Å². The second-order valence-electron chi connectivity index (χ2n) is 2.26. The molecule has 0 fully saturated rings. The molecule has 1 rings (SSSR count). The van der Waals surface area contributed by atoms with E-state index in [1.807, 2.05) is 0 Å². The third-order valence-corrected chi connectivity index (χ3v) is 1.97. The molecule has 0 aliphatic carbocycles. The van der Waals surface area contributed by atoms with Crippen molar-refractivity contribution < 1.29 is 18.0 Å². The lowest BCUT2D eigenvalue weighted by atomic mass is 10.2. The zero-order valence-electron chi connectivity index (χ0n) is 6.40. The lowest BCUT2D eigenvalue weighted by Crippen LogP contribution is -2.02. The van der Waals surface area contributed by atoms with Crippen LogP contribution in [-0.4, -0.2) is 10.2 Å². The summed E-state index contributed by atoms with van der Waals surface area (Å²) in [7, 11) is 0. The Morgan fingerprint density at radius 1 is 1.50 bits per heavy atom. The number of carbonyl (C=O) groups excluding carboxylic acids is 1. The highest BCUT2D eigenvalue weighted by Gasteiger charge is 2.21. The van der Waals surface area contributed by atoms with Gasteiger partial charge < -0.3 is 0 Å². The minimum Gasteiger partial charge on any atom is -0.274 e. The van der Waals surface area contributed by atoms with Gasteiger partial charge in [-0.2, -0.15) is 0 Å². The van der Waals surface area contributed by atoms with Crippen molar-refractivity contribution in [1.82, 2.24) is 4.98 Å². The Bertz CT molecular complexity index is 383. The van der Waals surface area contributed by atoms with Crippen LogP contribution < -0.4 is 0 Å². The Labute approximate surface area is 86.6 Å². The van der Waals surface area contributed by atoms with Crippen molar-refractivity contribution in [2.45, 2.75) is 6.43 Å². The average Bonchev–Trinajstić information content (AvgIpc) is 2.08. The highest BCUT2D eigenvalue weighted by molar-refractivity contribution is 6.67.